The fourth-order valence-corrected chi connectivity index (χ4v) is 2.67. The summed E-state index contributed by atoms with van der Waals surface area (Å²) >= 11 is 0. The van der Waals surface area contributed by atoms with Gasteiger partial charge in [0.15, 0.2) is 0 Å². The van der Waals surface area contributed by atoms with Gasteiger partial charge in [-0.25, -0.2) is 4.98 Å². The lowest BCUT2D eigenvalue weighted by molar-refractivity contribution is -0.145. The van der Waals surface area contributed by atoms with Crippen LogP contribution in [0.1, 0.15) is 19.3 Å². The van der Waals surface area contributed by atoms with Crippen molar-refractivity contribution in [2.24, 2.45) is 0 Å². The van der Waals surface area contributed by atoms with Crippen LogP contribution in [0.4, 0.5) is 0 Å². The van der Waals surface area contributed by atoms with Gasteiger partial charge in [0.25, 0.3) is 0 Å². The van der Waals surface area contributed by atoms with E-state index in [1.165, 1.54) is 0 Å². The van der Waals surface area contributed by atoms with Gasteiger partial charge in [-0.15, -0.1) is 0 Å². The first-order valence-electron chi connectivity index (χ1n) is 7.32. The molecule has 0 N–H and O–H groups in total. The zero-order chi connectivity index (χ0) is 15.5. The van der Waals surface area contributed by atoms with Crippen LogP contribution < -0.4 is 4.74 Å². The van der Waals surface area contributed by atoms with E-state index in [-0.39, 0.29) is 43.2 Å². The van der Waals surface area contributed by atoms with Crippen molar-refractivity contribution in [3.05, 3.63) is 24.4 Å². The first kappa shape index (κ1) is 14.5. The molecule has 0 bridgehead atoms. The van der Waals surface area contributed by atoms with Crippen molar-refractivity contribution >= 4 is 17.7 Å². The number of hydrogen-bond acceptors (Lipinski definition) is 5. The van der Waals surface area contributed by atoms with E-state index < -0.39 is 0 Å². The second-order valence-corrected chi connectivity index (χ2v) is 5.41. The Hall–Kier alpha value is -2.44. The molecule has 1 aromatic heterocycles. The van der Waals surface area contributed by atoms with Crippen molar-refractivity contribution in [2.45, 2.75) is 25.4 Å². The summed E-state index contributed by atoms with van der Waals surface area (Å²) < 4.78 is 5.72. The molecule has 0 aliphatic carbocycles. The molecule has 2 aliphatic rings. The van der Waals surface area contributed by atoms with Crippen LogP contribution in [-0.2, 0) is 14.4 Å². The summed E-state index contributed by atoms with van der Waals surface area (Å²) in [6.07, 6.45) is 2.67. The molecule has 3 amide bonds. The van der Waals surface area contributed by atoms with Crippen molar-refractivity contribution in [1.82, 2.24) is 14.8 Å². The molecule has 0 aromatic carbocycles. The number of rotatable bonds is 4. The van der Waals surface area contributed by atoms with Gasteiger partial charge in [0.2, 0.25) is 23.6 Å². The highest BCUT2D eigenvalue weighted by Gasteiger charge is 2.34. The van der Waals surface area contributed by atoms with Gasteiger partial charge in [-0.1, -0.05) is 6.07 Å². The minimum atomic E-state index is -0.265. The summed E-state index contributed by atoms with van der Waals surface area (Å²) in [5, 5.41) is 0. The van der Waals surface area contributed by atoms with Crippen LogP contribution in [-0.4, -0.2) is 58.2 Å². The van der Waals surface area contributed by atoms with E-state index in [1.807, 2.05) is 6.07 Å². The Balaban J connectivity index is 1.53. The van der Waals surface area contributed by atoms with E-state index in [0.29, 0.717) is 25.4 Å². The molecule has 7 heteroatoms. The average Bonchev–Trinajstić information content (AvgIpc) is 3.10. The third-order valence-electron chi connectivity index (χ3n) is 3.87. The lowest BCUT2D eigenvalue weighted by Gasteiger charge is -2.20. The molecule has 1 aromatic rings. The van der Waals surface area contributed by atoms with Gasteiger partial charge >= 0.3 is 0 Å². The predicted octanol–water partition coefficient (Wildman–Crippen LogP) is 0.210. The number of amides is 3. The van der Waals surface area contributed by atoms with Crippen molar-refractivity contribution in [2.75, 3.05) is 19.6 Å². The Morgan fingerprint density at radius 3 is 2.73 bits per heavy atom. The van der Waals surface area contributed by atoms with Gasteiger partial charge in [0.1, 0.15) is 12.6 Å². The van der Waals surface area contributed by atoms with Gasteiger partial charge in [-0.05, 0) is 6.07 Å². The number of ether oxygens (including phenoxy) is 1. The summed E-state index contributed by atoms with van der Waals surface area (Å²) in [5.74, 6) is -0.208. The van der Waals surface area contributed by atoms with Gasteiger partial charge in [-0.3, -0.25) is 19.3 Å². The normalized spacial score (nSPS) is 21.5. The zero-order valence-corrected chi connectivity index (χ0v) is 12.1. The number of carbonyl (C=O) groups is 3. The number of likely N-dealkylation sites (tertiary alicyclic amines) is 2. The van der Waals surface area contributed by atoms with E-state index in [2.05, 4.69) is 4.98 Å². The minimum Gasteiger partial charge on any atom is -0.472 e. The first-order chi connectivity index (χ1) is 10.6. The highest BCUT2D eigenvalue weighted by Crippen LogP contribution is 2.17. The average molecular weight is 303 g/mol. The summed E-state index contributed by atoms with van der Waals surface area (Å²) in [6, 6.07) is 5.41. The molecule has 3 heterocycles. The molecule has 1 atom stereocenters. The van der Waals surface area contributed by atoms with Crippen LogP contribution in [0.2, 0.25) is 0 Å². The van der Waals surface area contributed by atoms with Crippen LogP contribution in [0.3, 0.4) is 0 Å². The molecule has 1 unspecified atom stereocenters. The van der Waals surface area contributed by atoms with Crippen LogP contribution in [0.15, 0.2) is 24.4 Å². The van der Waals surface area contributed by atoms with Gasteiger partial charge in [0, 0.05) is 38.1 Å². The summed E-state index contributed by atoms with van der Waals surface area (Å²) in [6.45, 7) is 0.853. The van der Waals surface area contributed by atoms with Crippen LogP contribution in [0.5, 0.6) is 5.88 Å². The number of imide groups is 1. The number of hydrogen-bond donors (Lipinski definition) is 0. The number of aromatic nitrogens is 1. The molecule has 22 heavy (non-hydrogen) atoms. The van der Waals surface area contributed by atoms with Crippen molar-refractivity contribution in [1.29, 1.82) is 0 Å². The number of pyridine rings is 1. The van der Waals surface area contributed by atoms with Gasteiger partial charge in [-0.2, -0.15) is 0 Å². The second-order valence-electron chi connectivity index (χ2n) is 5.41. The third kappa shape index (κ3) is 3.08. The summed E-state index contributed by atoms with van der Waals surface area (Å²) in [4.78, 5) is 42.1. The van der Waals surface area contributed by atoms with E-state index >= 15 is 0 Å². The van der Waals surface area contributed by atoms with Gasteiger partial charge in [0.05, 0.1) is 6.54 Å². The fourth-order valence-electron chi connectivity index (χ4n) is 2.67. The van der Waals surface area contributed by atoms with Gasteiger partial charge < -0.3 is 9.64 Å². The fraction of sp³-hybridized carbons (Fsp3) is 0.467. The predicted molar refractivity (Wildman–Crippen MR) is 75.8 cm³/mol. The lowest BCUT2D eigenvalue weighted by atomic mass is 10.3. The van der Waals surface area contributed by atoms with E-state index in [1.54, 1.807) is 23.2 Å². The Morgan fingerprint density at radius 1 is 1.27 bits per heavy atom. The van der Waals surface area contributed by atoms with Crippen molar-refractivity contribution in [3.8, 4) is 5.88 Å². The highest BCUT2D eigenvalue weighted by atomic mass is 16.5. The van der Waals surface area contributed by atoms with Crippen LogP contribution >= 0.6 is 0 Å². The molecule has 2 saturated heterocycles. The summed E-state index contributed by atoms with van der Waals surface area (Å²) in [7, 11) is 0. The standard InChI is InChI=1S/C15H17N3O4/c19-13-4-5-14(20)18(13)10-15(21)17-8-6-11(9-17)22-12-3-1-2-7-16-12/h1-3,7,11H,4-6,8-10H2. The maximum absolute atomic E-state index is 12.2. The van der Waals surface area contributed by atoms with Crippen LogP contribution in [0.25, 0.3) is 0 Å². The maximum Gasteiger partial charge on any atom is 0.242 e. The Morgan fingerprint density at radius 2 is 2.05 bits per heavy atom. The monoisotopic (exact) mass is 303 g/mol. The molecule has 2 aliphatic heterocycles. The lowest BCUT2D eigenvalue weighted by Crippen LogP contribution is -2.42. The van der Waals surface area contributed by atoms with Crippen molar-refractivity contribution in [3.63, 3.8) is 0 Å². The number of carbonyl (C=O) groups excluding carboxylic acids is 3. The Kier molecular flexibility index (Phi) is 4.04. The smallest absolute Gasteiger partial charge is 0.242 e. The second kappa shape index (κ2) is 6.13. The molecule has 3 rings (SSSR count). The summed E-state index contributed by atoms with van der Waals surface area (Å²) in [5.41, 5.74) is 0. The molecule has 0 saturated carbocycles. The van der Waals surface area contributed by atoms with E-state index in [4.69, 9.17) is 4.74 Å². The molecule has 0 radical (unpaired) electrons. The number of nitrogens with zero attached hydrogens (tertiary/aromatic N) is 3. The molecular weight excluding hydrogens is 286 g/mol. The van der Waals surface area contributed by atoms with E-state index in [9.17, 15) is 14.4 Å². The molecule has 116 valence electrons. The largest absolute Gasteiger partial charge is 0.472 e. The highest BCUT2D eigenvalue weighted by molar-refractivity contribution is 6.04. The first-order valence-corrected chi connectivity index (χ1v) is 7.32. The topological polar surface area (TPSA) is 79.8 Å². The Labute approximate surface area is 127 Å². The Bertz CT molecular complexity index is 574. The van der Waals surface area contributed by atoms with E-state index in [0.717, 1.165) is 4.90 Å². The maximum atomic E-state index is 12.2. The minimum absolute atomic E-state index is 0.108. The zero-order valence-electron chi connectivity index (χ0n) is 12.1. The van der Waals surface area contributed by atoms with Crippen molar-refractivity contribution < 1.29 is 19.1 Å². The quantitative estimate of drug-likeness (QED) is 0.743. The molecular formula is C15H17N3O4. The molecule has 0 spiro atoms. The van der Waals surface area contributed by atoms with Crippen LogP contribution in [0, 0.1) is 0 Å². The molecule has 7 nitrogen and oxygen atoms in total. The molecule has 2 fully saturated rings. The SMILES string of the molecule is O=C(CN1C(=O)CCC1=O)N1CCC(Oc2ccccn2)C1. The third-order valence-corrected chi connectivity index (χ3v) is 3.87.